The second-order valence-corrected chi connectivity index (χ2v) is 5.90. The van der Waals surface area contributed by atoms with E-state index in [2.05, 4.69) is 10.6 Å². The Balaban J connectivity index is 1.91. The fraction of sp³-hybridized carbons (Fsp3) is 0.529. The van der Waals surface area contributed by atoms with Gasteiger partial charge in [0, 0.05) is 26.0 Å². The molecule has 1 aliphatic rings. The van der Waals surface area contributed by atoms with Crippen molar-refractivity contribution in [3.05, 3.63) is 35.4 Å². The maximum Gasteiger partial charge on any atom is 0.222 e. The summed E-state index contributed by atoms with van der Waals surface area (Å²) in [7, 11) is 0. The van der Waals surface area contributed by atoms with Crippen LogP contribution in [0.3, 0.4) is 0 Å². The molecule has 1 fully saturated rings. The van der Waals surface area contributed by atoms with Crippen LogP contribution in [0.1, 0.15) is 36.9 Å². The van der Waals surface area contributed by atoms with Gasteiger partial charge in [0.05, 0.1) is 19.1 Å². The Morgan fingerprint density at radius 1 is 1.32 bits per heavy atom. The summed E-state index contributed by atoms with van der Waals surface area (Å²) in [6, 6.07) is 7.58. The number of aryl methyl sites for hydroxylation is 1. The van der Waals surface area contributed by atoms with Gasteiger partial charge in [-0.15, -0.1) is 0 Å². The molecule has 22 heavy (non-hydrogen) atoms. The maximum atomic E-state index is 12.1. The first-order valence-corrected chi connectivity index (χ1v) is 7.72. The summed E-state index contributed by atoms with van der Waals surface area (Å²) in [4.78, 5) is 23.5. The van der Waals surface area contributed by atoms with E-state index in [1.165, 1.54) is 6.92 Å². The molecule has 0 aromatic heterocycles. The highest BCUT2D eigenvalue weighted by Crippen LogP contribution is 2.18. The average molecular weight is 304 g/mol. The molecule has 5 nitrogen and oxygen atoms in total. The number of hydrogen-bond donors (Lipinski definition) is 2. The molecule has 2 atom stereocenters. The number of benzene rings is 1. The normalized spacial score (nSPS) is 18.7. The van der Waals surface area contributed by atoms with Crippen LogP contribution in [0.2, 0.25) is 0 Å². The Kier molecular flexibility index (Phi) is 5.95. The van der Waals surface area contributed by atoms with Crippen molar-refractivity contribution < 1.29 is 14.3 Å². The minimum atomic E-state index is -0.294. The van der Waals surface area contributed by atoms with Gasteiger partial charge in [-0.3, -0.25) is 9.59 Å². The molecule has 1 aromatic rings. The van der Waals surface area contributed by atoms with Gasteiger partial charge in [-0.1, -0.05) is 29.8 Å². The molecule has 2 rings (SSSR count). The summed E-state index contributed by atoms with van der Waals surface area (Å²) < 4.78 is 5.30. The van der Waals surface area contributed by atoms with Crippen LogP contribution in [0, 0.1) is 12.8 Å². The second kappa shape index (κ2) is 7.94. The predicted molar refractivity (Wildman–Crippen MR) is 84.3 cm³/mol. The third kappa shape index (κ3) is 5.15. The molecule has 0 aliphatic carbocycles. The maximum absolute atomic E-state index is 12.1. The van der Waals surface area contributed by atoms with Crippen LogP contribution >= 0.6 is 0 Å². The van der Waals surface area contributed by atoms with E-state index in [4.69, 9.17) is 4.74 Å². The van der Waals surface area contributed by atoms with E-state index in [0.717, 1.165) is 24.2 Å². The molecule has 5 heteroatoms. The number of rotatable bonds is 6. The molecule has 0 bridgehead atoms. The summed E-state index contributed by atoms with van der Waals surface area (Å²) >= 11 is 0. The lowest BCUT2D eigenvalue weighted by atomic mass is 10.0. The van der Waals surface area contributed by atoms with E-state index in [1.807, 2.05) is 31.2 Å². The van der Waals surface area contributed by atoms with Crippen LogP contribution in [0.5, 0.6) is 0 Å². The lowest BCUT2D eigenvalue weighted by Crippen LogP contribution is -2.34. The van der Waals surface area contributed by atoms with E-state index in [-0.39, 0.29) is 24.3 Å². The number of carbonyl (C=O) groups excluding carboxylic acids is 2. The molecule has 1 heterocycles. The first kappa shape index (κ1) is 16.5. The van der Waals surface area contributed by atoms with Gasteiger partial charge in [0.25, 0.3) is 0 Å². The lowest BCUT2D eigenvalue weighted by Gasteiger charge is -2.19. The van der Waals surface area contributed by atoms with Crippen molar-refractivity contribution in [3.63, 3.8) is 0 Å². The molecular weight excluding hydrogens is 280 g/mol. The minimum Gasteiger partial charge on any atom is -0.381 e. The van der Waals surface area contributed by atoms with Gasteiger partial charge in [0.15, 0.2) is 0 Å². The van der Waals surface area contributed by atoms with E-state index in [9.17, 15) is 9.59 Å². The van der Waals surface area contributed by atoms with Gasteiger partial charge in [0.2, 0.25) is 11.8 Å². The van der Waals surface area contributed by atoms with Gasteiger partial charge in [0.1, 0.15) is 0 Å². The van der Waals surface area contributed by atoms with E-state index in [1.54, 1.807) is 0 Å². The zero-order valence-electron chi connectivity index (χ0n) is 13.2. The van der Waals surface area contributed by atoms with Crippen molar-refractivity contribution in [1.82, 2.24) is 10.6 Å². The van der Waals surface area contributed by atoms with Gasteiger partial charge < -0.3 is 15.4 Å². The molecule has 0 spiro atoms. The highest BCUT2D eigenvalue weighted by Gasteiger charge is 2.19. The molecule has 120 valence electrons. The summed E-state index contributed by atoms with van der Waals surface area (Å²) in [5, 5.41) is 5.79. The van der Waals surface area contributed by atoms with Crippen LogP contribution in [0.25, 0.3) is 0 Å². The molecule has 2 unspecified atom stereocenters. The zero-order valence-corrected chi connectivity index (χ0v) is 13.2. The monoisotopic (exact) mass is 304 g/mol. The van der Waals surface area contributed by atoms with Gasteiger partial charge in [-0.05, 0) is 18.9 Å². The molecule has 1 aliphatic heterocycles. The summed E-state index contributed by atoms with van der Waals surface area (Å²) in [6.07, 6.45) is 1.24. The van der Waals surface area contributed by atoms with E-state index < -0.39 is 0 Å². The molecule has 1 aromatic carbocycles. The first-order valence-electron chi connectivity index (χ1n) is 7.72. The van der Waals surface area contributed by atoms with Crippen LogP contribution < -0.4 is 10.6 Å². The van der Waals surface area contributed by atoms with E-state index in [0.29, 0.717) is 19.1 Å². The third-order valence-electron chi connectivity index (χ3n) is 3.86. The van der Waals surface area contributed by atoms with Crippen molar-refractivity contribution in [3.8, 4) is 0 Å². The summed E-state index contributed by atoms with van der Waals surface area (Å²) in [6.45, 7) is 5.61. The van der Waals surface area contributed by atoms with Crippen LogP contribution in [-0.4, -0.2) is 31.6 Å². The predicted octanol–water partition coefficient (Wildman–Crippen LogP) is 1.72. The fourth-order valence-corrected chi connectivity index (χ4v) is 2.56. The Morgan fingerprint density at radius 3 is 2.64 bits per heavy atom. The van der Waals surface area contributed by atoms with Gasteiger partial charge >= 0.3 is 0 Å². The zero-order chi connectivity index (χ0) is 15.9. The fourth-order valence-electron chi connectivity index (χ4n) is 2.56. The summed E-state index contributed by atoms with van der Waals surface area (Å²) in [5.74, 6) is 0.219. The van der Waals surface area contributed by atoms with E-state index >= 15 is 0 Å². The first-order chi connectivity index (χ1) is 10.5. The van der Waals surface area contributed by atoms with Gasteiger partial charge in [-0.2, -0.15) is 0 Å². The Hall–Kier alpha value is -1.88. The quantitative estimate of drug-likeness (QED) is 0.841. The number of hydrogen-bond acceptors (Lipinski definition) is 3. The van der Waals surface area contributed by atoms with Crippen LogP contribution in [0.4, 0.5) is 0 Å². The van der Waals surface area contributed by atoms with Crippen molar-refractivity contribution in [2.24, 2.45) is 5.92 Å². The average Bonchev–Trinajstić information content (AvgIpc) is 2.98. The number of ether oxygens (including phenoxy) is 1. The SMILES string of the molecule is CC(=O)NC(CC(=O)NCC1CCOC1)c1ccc(C)cc1. The van der Waals surface area contributed by atoms with Crippen molar-refractivity contribution in [1.29, 1.82) is 0 Å². The number of amides is 2. The molecule has 2 amide bonds. The number of carbonyl (C=O) groups is 2. The lowest BCUT2D eigenvalue weighted by molar-refractivity contribution is -0.122. The Labute approximate surface area is 131 Å². The third-order valence-corrected chi connectivity index (χ3v) is 3.86. The smallest absolute Gasteiger partial charge is 0.222 e. The number of nitrogens with one attached hydrogen (secondary N) is 2. The molecule has 2 N–H and O–H groups in total. The highest BCUT2D eigenvalue weighted by molar-refractivity contribution is 5.79. The van der Waals surface area contributed by atoms with Crippen LogP contribution in [-0.2, 0) is 14.3 Å². The molecule has 1 saturated heterocycles. The van der Waals surface area contributed by atoms with Crippen molar-refractivity contribution >= 4 is 11.8 Å². The topological polar surface area (TPSA) is 67.4 Å². The standard InChI is InChI=1S/C17H24N2O3/c1-12-3-5-15(6-4-12)16(19-13(2)20)9-17(21)18-10-14-7-8-22-11-14/h3-6,14,16H,7-11H2,1-2H3,(H,18,21)(H,19,20). The van der Waals surface area contributed by atoms with Gasteiger partial charge in [-0.25, -0.2) is 0 Å². The highest BCUT2D eigenvalue weighted by atomic mass is 16.5. The molecule has 0 radical (unpaired) electrons. The second-order valence-electron chi connectivity index (χ2n) is 5.90. The molecular formula is C17H24N2O3. The van der Waals surface area contributed by atoms with Crippen molar-refractivity contribution in [2.45, 2.75) is 32.7 Å². The minimum absolute atomic E-state index is 0.0498. The van der Waals surface area contributed by atoms with Crippen molar-refractivity contribution in [2.75, 3.05) is 19.8 Å². The summed E-state index contributed by atoms with van der Waals surface area (Å²) in [5.41, 5.74) is 2.09. The largest absolute Gasteiger partial charge is 0.381 e. The Morgan fingerprint density at radius 2 is 2.05 bits per heavy atom. The van der Waals surface area contributed by atoms with Crippen LogP contribution in [0.15, 0.2) is 24.3 Å². The molecule has 0 saturated carbocycles. The Bertz CT molecular complexity index is 507.